The molecule has 0 radical (unpaired) electrons. The summed E-state index contributed by atoms with van der Waals surface area (Å²) in [4.78, 5) is 35.6. The van der Waals surface area contributed by atoms with Gasteiger partial charge in [-0.1, -0.05) is 20.8 Å². The van der Waals surface area contributed by atoms with Crippen LogP contribution in [0.5, 0.6) is 0 Å². The Balaban J connectivity index is 3.50. The van der Waals surface area contributed by atoms with Gasteiger partial charge in [0.2, 0.25) is 0 Å². The zero-order valence-electron chi connectivity index (χ0n) is 10.9. The monoisotopic (exact) mass is 238 g/mol. The van der Waals surface area contributed by atoms with Gasteiger partial charge in [-0.2, -0.15) is 0 Å². The molecule has 0 saturated heterocycles. The van der Waals surface area contributed by atoms with Crippen LogP contribution in [0.2, 0.25) is 0 Å². The van der Waals surface area contributed by atoms with E-state index in [1.54, 1.807) is 13.8 Å². The second-order valence-electron chi connectivity index (χ2n) is 4.87. The third-order valence-electron chi connectivity index (χ3n) is 3.19. The number of aryl methyl sites for hydroxylation is 1. The van der Waals surface area contributed by atoms with Gasteiger partial charge in [-0.15, -0.1) is 0 Å². The number of nitrogens with zero attached hydrogens (tertiary/aromatic N) is 2. The molecule has 1 aromatic rings. The van der Waals surface area contributed by atoms with E-state index in [1.165, 1.54) is 24.9 Å². The molecule has 1 rings (SSSR count). The first-order valence-electron chi connectivity index (χ1n) is 5.54. The third kappa shape index (κ3) is 2.23. The summed E-state index contributed by atoms with van der Waals surface area (Å²) in [7, 11) is 2.90. The highest BCUT2D eigenvalue weighted by Crippen LogP contribution is 2.23. The highest BCUT2D eigenvalue weighted by Gasteiger charge is 2.29. The molecule has 0 amide bonds. The van der Waals surface area contributed by atoms with Crippen molar-refractivity contribution in [3.63, 3.8) is 0 Å². The Hall–Kier alpha value is -1.65. The minimum absolute atomic E-state index is 0.0708. The normalized spacial score (nSPS) is 11.6. The number of Topliss-reactive ketones (excluding diaryl/α,β-unsaturated/α-hetero) is 1. The maximum Gasteiger partial charge on any atom is 0.330 e. The van der Waals surface area contributed by atoms with Crippen LogP contribution in [0.1, 0.15) is 37.6 Å². The molecule has 0 saturated carbocycles. The number of aromatic nitrogens is 2. The van der Waals surface area contributed by atoms with E-state index >= 15 is 0 Å². The molecule has 0 aliphatic rings. The molecule has 5 nitrogen and oxygen atoms in total. The first-order chi connectivity index (χ1) is 7.72. The van der Waals surface area contributed by atoms with Gasteiger partial charge in [-0.05, 0) is 6.42 Å². The van der Waals surface area contributed by atoms with Crippen molar-refractivity contribution in [2.75, 3.05) is 0 Å². The molecule has 0 aliphatic carbocycles. The molecule has 17 heavy (non-hydrogen) atoms. The number of rotatable bonds is 3. The van der Waals surface area contributed by atoms with Gasteiger partial charge in [-0.3, -0.25) is 14.2 Å². The van der Waals surface area contributed by atoms with Crippen molar-refractivity contribution in [3.8, 4) is 0 Å². The predicted octanol–water partition coefficient (Wildman–Crippen LogP) is 0.703. The molecule has 1 heterocycles. The summed E-state index contributed by atoms with van der Waals surface area (Å²) >= 11 is 0. The summed E-state index contributed by atoms with van der Waals surface area (Å²) in [5.74, 6) is -0.226. The van der Waals surface area contributed by atoms with E-state index in [0.29, 0.717) is 6.42 Å². The second-order valence-corrected chi connectivity index (χ2v) is 4.87. The average Bonchev–Trinajstić information content (AvgIpc) is 2.30. The molecule has 0 bridgehead atoms. The maximum atomic E-state index is 12.2. The lowest BCUT2D eigenvalue weighted by molar-refractivity contribution is 0.0829. The fourth-order valence-corrected chi connectivity index (χ4v) is 1.49. The summed E-state index contributed by atoms with van der Waals surface area (Å²) in [6.45, 7) is 5.48. The van der Waals surface area contributed by atoms with Crippen molar-refractivity contribution in [2.24, 2.45) is 19.5 Å². The number of carbonyl (C=O) groups is 1. The van der Waals surface area contributed by atoms with Crippen LogP contribution in [0.25, 0.3) is 0 Å². The van der Waals surface area contributed by atoms with Crippen molar-refractivity contribution < 1.29 is 4.79 Å². The molecule has 94 valence electrons. The van der Waals surface area contributed by atoms with E-state index in [9.17, 15) is 14.4 Å². The minimum atomic E-state index is -0.594. The van der Waals surface area contributed by atoms with Crippen molar-refractivity contribution in [2.45, 2.75) is 27.2 Å². The Bertz CT molecular complexity index is 564. The lowest BCUT2D eigenvalue weighted by atomic mass is 9.82. The lowest BCUT2D eigenvalue weighted by Gasteiger charge is -2.20. The van der Waals surface area contributed by atoms with Gasteiger partial charge in [0, 0.05) is 25.7 Å². The third-order valence-corrected chi connectivity index (χ3v) is 3.19. The van der Waals surface area contributed by atoms with Gasteiger partial charge < -0.3 is 4.57 Å². The van der Waals surface area contributed by atoms with Crippen molar-refractivity contribution in [1.29, 1.82) is 0 Å². The highest BCUT2D eigenvalue weighted by atomic mass is 16.2. The zero-order chi connectivity index (χ0) is 13.4. The Morgan fingerprint density at radius 2 is 1.82 bits per heavy atom. The van der Waals surface area contributed by atoms with Crippen LogP contribution >= 0.6 is 0 Å². The Kier molecular flexibility index (Phi) is 3.40. The second kappa shape index (κ2) is 4.31. The summed E-state index contributed by atoms with van der Waals surface area (Å²) in [5, 5.41) is 0. The van der Waals surface area contributed by atoms with E-state index < -0.39 is 16.7 Å². The number of hydrogen-bond acceptors (Lipinski definition) is 3. The van der Waals surface area contributed by atoms with Crippen LogP contribution in [0.3, 0.4) is 0 Å². The SMILES string of the molecule is CCC(C)(C)C(=O)c1cn(C)c(=O)n(C)c1=O. The zero-order valence-corrected chi connectivity index (χ0v) is 10.9. The summed E-state index contributed by atoms with van der Waals surface area (Å²) < 4.78 is 2.21. The molecule has 0 N–H and O–H groups in total. The van der Waals surface area contributed by atoms with Gasteiger partial charge in [0.25, 0.3) is 5.56 Å². The molecule has 0 fully saturated rings. The van der Waals surface area contributed by atoms with Crippen molar-refractivity contribution in [1.82, 2.24) is 9.13 Å². The fraction of sp³-hybridized carbons (Fsp3) is 0.583. The van der Waals surface area contributed by atoms with E-state index in [2.05, 4.69) is 0 Å². The standard InChI is InChI=1S/C12H18N2O3/c1-6-12(2,3)9(15)8-7-13(4)11(17)14(5)10(8)16/h7H,6H2,1-5H3. The predicted molar refractivity (Wildman–Crippen MR) is 65.3 cm³/mol. The van der Waals surface area contributed by atoms with E-state index in [0.717, 1.165) is 4.57 Å². The van der Waals surface area contributed by atoms with Gasteiger partial charge in [0.05, 0.1) is 5.56 Å². The minimum Gasteiger partial charge on any atom is -0.303 e. The molecule has 0 atom stereocenters. The van der Waals surface area contributed by atoms with Crippen LogP contribution in [-0.4, -0.2) is 14.9 Å². The van der Waals surface area contributed by atoms with Crippen molar-refractivity contribution >= 4 is 5.78 Å². The van der Waals surface area contributed by atoms with Crippen LogP contribution in [0.15, 0.2) is 15.8 Å². The van der Waals surface area contributed by atoms with Gasteiger partial charge in [0.15, 0.2) is 5.78 Å². The first kappa shape index (κ1) is 13.4. The van der Waals surface area contributed by atoms with Crippen LogP contribution in [0, 0.1) is 5.41 Å². The summed E-state index contributed by atoms with van der Waals surface area (Å²) in [6, 6.07) is 0. The molecule has 0 aliphatic heterocycles. The molecule has 0 spiro atoms. The number of ketones is 1. The summed E-state index contributed by atoms with van der Waals surface area (Å²) in [5.41, 5.74) is -1.48. The Labute approximate surface area is 99.7 Å². The first-order valence-corrected chi connectivity index (χ1v) is 5.54. The summed E-state index contributed by atoms with van der Waals surface area (Å²) in [6.07, 6.45) is 1.96. The fourth-order valence-electron chi connectivity index (χ4n) is 1.49. The molecule has 0 unspecified atom stereocenters. The molecular formula is C12H18N2O3. The number of carbonyl (C=O) groups excluding carboxylic acids is 1. The van der Waals surface area contributed by atoms with Crippen LogP contribution in [-0.2, 0) is 14.1 Å². The van der Waals surface area contributed by atoms with E-state index in [1.807, 2.05) is 6.92 Å². The van der Waals surface area contributed by atoms with Gasteiger partial charge in [0.1, 0.15) is 0 Å². The van der Waals surface area contributed by atoms with Crippen LogP contribution < -0.4 is 11.2 Å². The van der Waals surface area contributed by atoms with E-state index in [4.69, 9.17) is 0 Å². The van der Waals surface area contributed by atoms with E-state index in [-0.39, 0.29) is 11.3 Å². The molecule has 5 heteroatoms. The number of hydrogen-bond donors (Lipinski definition) is 0. The van der Waals surface area contributed by atoms with Gasteiger partial charge >= 0.3 is 5.69 Å². The maximum absolute atomic E-state index is 12.2. The smallest absolute Gasteiger partial charge is 0.303 e. The topological polar surface area (TPSA) is 61.1 Å². The lowest BCUT2D eigenvalue weighted by Crippen LogP contribution is -2.41. The average molecular weight is 238 g/mol. The molecular weight excluding hydrogens is 220 g/mol. The van der Waals surface area contributed by atoms with Crippen molar-refractivity contribution in [3.05, 3.63) is 32.6 Å². The molecule has 1 aromatic heterocycles. The quantitative estimate of drug-likeness (QED) is 0.728. The van der Waals surface area contributed by atoms with Crippen LogP contribution in [0.4, 0.5) is 0 Å². The molecule has 0 aromatic carbocycles. The largest absolute Gasteiger partial charge is 0.330 e. The highest BCUT2D eigenvalue weighted by molar-refractivity contribution is 5.99. The Morgan fingerprint density at radius 1 is 1.29 bits per heavy atom. The van der Waals surface area contributed by atoms with Gasteiger partial charge in [-0.25, -0.2) is 4.79 Å². The Morgan fingerprint density at radius 3 is 2.29 bits per heavy atom.